The Morgan fingerprint density at radius 1 is 1.37 bits per heavy atom. The fourth-order valence-electron chi connectivity index (χ4n) is 1.53. The number of rotatable bonds is 3. The Balaban J connectivity index is 3.27. The number of aromatic nitrogens is 1. The van der Waals surface area contributed by atoms with Crippen LogP contribution in [0, 0.1) is 0 Å². The predicted octanol–water partition coefficient (Wildman–Crippen LogP) is 1.67. The second-order valence-electron chi connectivity index (χ2n) is 5.61. The highest BCUT2D eigenvalue weighted by molar-refractivity contribution is 7.89. The molecule has 0 fully saturated rings. The highest BCUT2D eigenvalue weighted by atomic mass is 32.2. The number of carbonyl (C=O) groups excluding carboxylic acids is 1. The lowest BCUT2D eigenvalue weighted by Gasteiger charge is -2.20. The van der Waals surface area contributed by atoms with Crippen molar-refractivity contribution in [3.8, 4) is 0 Å². The van der Waals surface area contributed by atoms with Crippen LogP contribution in [0.2, 0.25) is 0 Å². The van der Waals surface area contributed by atoms with Gasteiger partial charge in [-0.25, -0.2) is 18.4 Å². The summed E-state index contributed by atoms with van der Waals surface area (Å²) in [6, 6.07) is 1.15. The molecule has 0 atom stereocenters. The van der Waals surface area contributed by atoms with Gasteiger partial charge in [0.25, 0.3) is 0 Å². The van der Waals surface area contributed by atoms with Crippen LogP contribution < -0.4 is 5.14 Å². The van der Waals surface area contributed by atoms with E-state index < -0.39 is 21.6 Å². The van der Waals surface area contributed by atoms with Gasteiger partial charge in [-0.05, 0) is 40.7 Å². The van der Waals surface area contributed by atoms with Crippen LogP contribution in [-0.2, 0) is 14.8 Å². The lowest BCUT2D eigenvalue weighted by Crippen LogP contribution is -2.25. The van der Waals surface area contributed by atoms with Gasteiger partial charge < -0.3 is 9.30 Å². The van der Waals surface area contributed by atoms with Crippen LogP contribution in [0.4, 0.5) is 0 Å². The maximum Gasteiger partial charge on any atom is 0.355 e. The zero-order valence-electron chi connectivity index (χ0n) is 11.8. The molecule has 0 saturated heterocycles. The minimum absolute atomic E-state index is 0.0852. The molecule has 2 N–H and O–H groups in total. The van der Waals surface area contributed by atoms with Gasteiger partial charge in [0.1, 0.15) is 16.2 Å². The maximum atomic E-state index is 12.0. The third kappa shape index (κ3) is 4.07. The molecule has 0 spiro atoms. The molecule has 0 bridgehead atoms. The molecule has 0 unspecified atom stereocenters. The van der Waals surface area contributed by atoms with E-state index in [1.165, 1.54) is 16.8 Å². The zero-order chi connectivity index (χ0) is 15.0. The summed E-state index contributed by atoms with van der Waals surface area (Å²) in [7, 11) is -3.84. The number of esters is 1. The van der Waals surface area contributed by atoms with Gasteiger partial charge in [0.2, 0.25) is 10.0 Å². The first-order valence-electron chi connectivity index (χ1n) is 5.90. The molecule has 0 saturated carbocycles. The van der Waals surface area contributed by atoms with E-state index in [0.717, 1.165) is 0 Å². The molecule has 0 aliphatic carbocycles. The van der Waals surface area contributed by atoms with Gasteiger partial charge in [-0.15, -0.1) is 0 Å². The highest BCUT2D eigenvalue weighted by Crippen LogP contribution is 2.20. The van der Waals surface area contributed by atoms with Crippen molar-refractivity contribution in [3.05, 3.63) is 18.0 Å². The van der Waals surface area contributed by atoms with Crippen molar-refractivity contribution < 1.29 is 17.9 Å². The first kappa shape index (κ1) is 15.7. The summed E-state index contributed by atoms with van der Waals surface area (Å²) in [6.07, 6.45) is 1.35. The molecule has 19 heavy (non-hydrogen) atoms. The number of sulfonamides is 1. The largest absolute Gasteiger partial charge is 0.455 e. The summed E-state index contributed by atoms with van der Waals surface area (Å²) >= 11 is 0. The second-order valence-corrected chi connectivity index (χ2v) is 7.17. The molecule has 1 aromatic rings. The molecule has 6 nitrogen and oxygen atoms in total. The minimum Gasteiger partial charge on any atom is -0.455 e. The molecule has 1 aromatic heterocycles. The van der Waals surface area contributed by atoms with Crippen molar-refractivity contribution in [1.29, 1.82) is 0 Å². The Bertz CT molecular complexity index is 579. The van der Waals surface area contributed by atoms with E-state index in [1.807, 2.05) is 13.8 Å². The number of primary sulfonamides is 1. The van der Waals surface area contributed by atoms with Crippen LogP contribution >= 0.6 is 0 Å². The molecule has 108 valence electrons. The van der Waals surface area contributed by atoms with E-state index in [4.69, 9.17) is 9.88 Å². The first-order chi connectivity index (χ1) is 8.42. The van der Waals surface area contributed by atoms with Crippen molar-refractivity contribution in [3.63, 3.8) is 0 Å². The molecule has 1 rings (SSSR count). The van der Waals surface area contributed by atoms with E-state index in [1.54, 1.807) is 20.8 Å². The lowest BCUT2D eigenvalue weighted by molar-refractivity contribution is 0.00562. The summed E-state index contributed by atoms with van der Waals surface area (Å²) in [5, 5.41) is 5.07. The number of ether oxygens (including phenoxy) is 1. The van der Waals surface area contributed by atoms with Gasteiger partial charge in [0.15, 0.2) is 0 Å². The molecule has 0 radical (unpaired) electrons. The fraction of sp³-hybridized carbons (Fsp3) is 0.583. The van der Waals surface area contributed by atoms with Crippen molar-refractivity contribution >= 4 is 16.0 Å². The van der Waals surface area contributed by atoms with Crippen molar-refractivity contribution in [2.24, 2.45) is 5.14 Å². The van der Waals surface area contributed by atoms with Crippen molar-refractivity contribution in [2.45, 2.75) is 51.2 Å². The smallest absolute Gasteiger partial charge is 0.355 e. The maximum absolute atomic E-state index is 12.0. The summed E-state index contributed by atoms with van der Waals surface area (Å²) in [5.74, 6) is -0.573. The molecule has 0 aliphatic heterocycles. The highest BCUT2D eigenvalue weighted by Gasteiger charge is 2.24. The molecular weight excluding hydrogens is 268 g/mol. The number of carbonyl (C=O) groups is 1. The van der Waals surface area contributed by atoms with Crippen LogP contribution in [0.1, 0.15) is 51.1 Å². The van der Waals surface area contributed by atoms with Crippen molar-refractivity contribution in [2.75, 3.05) is 0 Å². The molecule has 7 heteroatoms. The summed E-state index contributed by atoms with van der Waals surface area (Å²) in [5.41, 5.74) is -0.473. The normalized spacial score (nSPS) is 12.8. The lowest BCUT2D eigenvalue weighted by atomic mass is 10.2. The number of hydrogen-bond donors (Lipinski definition) is 1. The van der Waals surface area contributed by atoms with E-state index in [-0.39, 0.29) is 16.6 Å². The van der Waals surface area contributed by atoms with Gasteiger partial charge in [-0.1, -0.05) is 0 Å². The number of nitrogens with zero attached hydrogens (tertiary/aromatic N) is 1. The van der Waals surface area contributed by atoms with Gasteiger partial charge >= 0.3 is 5.97 Å². The van der Waals surface area contributed by atoms with Crippen LogP contribution in [0.15, 0.2) is 17.2 Å². The molecule has 0 aromatic carbocycles. The van der Waals surface area contributed by atoms with E-state index in [9.17, 15) is 13.2 Å². The average molecular weight is 288 g/mol. The van der Waals surface area contributed by atoms with Crippen LogP contribution in [0.5, 0.6) is 0 Å². The number of nitrogens with two attached hydrogens (primary N) is 1. The standard InChI is InChI=1S/C12H20N2O4S/c1-8(2)14-7-9(19(13,16)17)6-10(14)11(15)18-12(3,4)5/h6-8H,1-5H3,(H2,13,16,17). The second kappa shape index (κ2) is 4.97. The third-order valence-corrected chi connectivity index (χ3v) is 3.20. The van der Waals surface area contributed by atoms with Gasteiger partial charge in [0.05, 0.1) is 0 Å². The van der Waals surface area contributed by atoms with E-state index in [2.05, 4.69) is 0 Å². The summed E-state index contributed by atoms with van der Waals surface area (Å²) < 4.78 is 29.5. The Morgan fingerprint density at radius 2 is 1.89 bits per heavy atom. The monoisotopic (exact) mass is 288 g/mol. The van der Waals surface area contributed by atoms with Gasteiger partial charge in [0, 0.05) is 12.2 Å². The quantitative estimate of drug-likeness (QED) is 0.856. The minimum atomic E-state index is -3.84. The Labute approximate surface area is 113 Å². The predicted molar refractivity (Wildman–Crippen MR) is 71.4 cm³/mol. The zero-order valence-corrected chi connectivity index (χ0v) is 12.6. The molecular formula is C12H20N2O4S. The van der Waals surface area contributed by atoms with Crippen LogP contribution in [0.25, 0.3) is 0 Å². The van der Waals surface area contributed by atoms with Gasteiger partial charge in [-0.2, -0.15) is 0 Å². The Morgan fingerprint density at radius 3 is 2.26 bits per heavy atom. The van der Waals surface area contributed by atoms with Crippen LogP contribution in [0.3, 0.4) is 0 Å². The van der Waals surface area contributed by atoms with Gasteiger partial charge in [-0.3, -0.25) is 0 Å². The van der Waals surface area contributed by atoms with Crippen molar-refractivity contribution in [1.82, 2.24) is 4.57 Å². The Hall–Kier alpha value is -1.34. The molecule has 0 amide bonds. The molecule has 1 heterocycles. The topological polar surface area (TPSA) is 91.4 Å². The van der Waals surface area contributed by atoms with E-state index in [0.29, 0.717) is 0 Å². The summed E-state index contributed by atoms with van der Waals surface area (Å²) in [4.78, 5) is 12.0. The summed E-state index contributed by atoms with van der Waals surface area (Å²) in [6.45, 7) is 8.90. The third-order valence-electron chi connectivity index (χ3n) is 2.32. The first-order valence-corrected chi connectivity index (χ1v) is 7.44. The Kier molecular flexibility index (Phi) is 4.11. The molecule has 0 aliphatic rings. The fourth-order valence-corrected chi connectivity index (χ4v) is 2.07. The van der Waals surface area contributed by atoms with E-state index >= 15 is 0 Å². The number of hydrogen-bond acceptors (Lipinski definition) is 4. The SMILES string of the molecule is CC(C)n1cc(S(N)(=O)=O)cc1C(=O)OC(C)(C)C. The average Bonchev–Trinajstić information content (AvgIpc) is 2.57. The van der Waals surface area contributed by atoms with Crippen LogP contribution in [-0.4, -0.2) is 24.6 Å².